The molecule has 1 aromatic carbocycles. The summed E-state index contributed by atoms with van der Waals surface area (Å²) in [6, 6.07) is 11.6. The molecule has 3 saturated heterocycles. The standard InChI is InChI=1S/C32H36FN9O4/c1-21-27(23-15-35-30(36-16-23)40-18-32(19-40)9-12-45-20-32)39-42(24-6-4-3-5-7-24)29(21)38-31(43)37-25-17-41(11-13-44-2)46-28(25)22-8-10-34-26(33)14-22/h3-8,10,14-16,25,28H,9,11-13,17-20H2,1-2H3,(H2,37,38,43)/t25-,28+/m1/s1. The Morgan fingerprint density at radius 1 is 1.15 bits per heavy atom. The molecule has 6 heterocycles. The molecule has 3 aromatic heterocycles. The van der Waals surface area contributed by atoms with Crippen LogP contribution >= 0.6 is 0 Å². The molecular weight excluding hydrogens is 593 g/mol. The van der Waals surface area contributed by atoms with Crippen LogP contribution in [0.15, 0.2) is 61.1 Å². The third kappa shape index (κ3) is 6.03. The van der Waals surface area contributed by atoms with Crippen LogP contribution in [0.5, 0.6) is 0 Å². The lowest BCUT2D eigenvalue weighted by Crippen LogP contribution is -2.57. The topological polar surface area (TPSA) is 132 Å². The van der Waals surface area contributed by atoms with Gasteiger partial charge in [0.1, 0.15) is 17.6 Å². The number of hydrogen-bond donors (Lipinski definition) is 2. The molecule has 2 atom stereocenters. The summed E-state index contributed by atoms with van der Waals surface area (Å²) < 4.78 is 26.5. The van der Waals surface area contributed by atoms with Crippen LogP contribution in [-0.4, -0.2) is 95.0 Å². The van der Waals surface area contributed by atoms with Crippen LogP contribution in [-0.2, 0) is 14.3 Å². The van der Waals surface area contributed by atoms with Gasteiger partial charge >= 0.3 is 6.03 Å². The van der Waals surface area contributed by atoms with E-state index in [9.17, 15) is 9.18 Å². The monoisotopic (exact) mass is 629 g/mol. The van der Waals surface area contributed by atoms with E-state index in [0.717, 1.165) is 49.5 Å². The smallest absolute Gasteiger partial charge is 0.320 e. The van der Waals surface area contributed by atoms with Gasteiger partial charge in [-0.15, -0.1) is 0 Å². The molecule has 2 N–H and O–H groups in total. The highest BCUT2D eigenvalue weighted by Gasteiger charge is 2.46. The molecule has 4 aromatic rings. The zero-order valence-corrected chi connectivity index (χ0v) is 25.7. The van der Waals surface area contributed by atoms with Crippen molar-refractivity contribution in [1.29, 1.82) is 0 Å². The van der Waals surface area contributed by atoms with Gasteiger partial charge in [-0.2, -0.15) is 14.6 Å². The number of methoxy groups -OCH3 is 1. The number of para-hydroxylation sites is 1. The van der Waals surface area contributed by atoms with Crippen LogP contribution < -0.4 is 15.5 Å². The van der Waals surface area contributed by atoms with Gasteiger partial charge in [0.15, 0.2) is 0 Å². The minimum absolute atomic E-state index is 0.232. The van der Waals surface area contributed by atoms with Crippen LogP contribution in [0.4, 0.5) is 21.0 Å². The normalized spacial score (nSPS) is 20.6. The lowest BCUT2D eigenvalue weighted by Gasteiger charge is -2.47. The van der Waals surface area contributed by atoms with Gasteiger partial charge in [0.25, 0.3) is 0 Å². The van der Waals surface area contributed by atoms with E-state index in [2.05, 4.69) is 30.5 Å². The second-order valence-electron chi connectivity index (χ2n) is 12.0. The van der Waals surface area contributed by atoms with E-state index in [1.165, 1.54) is 12.3 Å². The van der Waals surface area contributed by atoms with Crippen molar-refractivity contribution in [3.05, 3.63) is 78.1 Å². The average molecular weight is 630 g/mol. The number of nitrogens with zero attached hydrogens (tertiary/aromatic N) is 7. The van der Waals surface area contributed by atoms with Gasteiger partial charge in [-0.3, -0.25) is 10.2 Å². The first-order chi connectivity index (χ1) is 22.4. The molecule has 1 spiro atoms. The Bertz CT molecular complexity index is 1670. The lowest BCUT2D eigenvalue weighted by molar-refractivity contribution is -0.154. The van der Waals surface area contributed by atoms with Crippen molar-refractivity contribution in [2.24, 2.45) is 5.41 Å². The van der Waals surface area contributed by atoms with E-state index in [4.69, 9.17) is 19.4 Å². The summed E-state index contributed by atoms with van der Waals surface area (Å²) in [5, 5.41) is 12.6. The van der Waals surface area contributed by atoms with E-state index in [1.807, 2.05) is 37.3 Å². The molecule has 46 heavy (non-hydrogen) atoms. The van der Waals surface area contributed by atoms with Gasteiger partial charge in [-0.05, 0) is 43.2 Å². The summed E-state index contributed by atoms with van der Waals surface area (Å²) in [4.78, 5) is 34.8. The molecule has 3 aliphatic rings. The zero-order chi connectivity index (χ0) is 31.7. The predicted octanol–water partition coefficient (Wildman–Crippen LogP) is 3.52. The van der Waals surface area contributed by atoms with Gasteiger partial charge in [0, 0.05) is 75.0 Å². The van der Waals surface area contributed by atoms with Gasteiger partial charge in [-0.25, -0.2) is 24.4 Å². The van der Waals surface area contributed by atoms with Gasteiger partial charge in [-0.1, -0.05) is 18.2 Å². The van der Waals surface area contributed by atoms with Crippen molar-refractivity contribution in [2.75, 3.05) is 63.3 Å². The van der Waals surface area contributed by atoms with Crippen LogP contribution in [0.3, 0.4) is 0 Å². The average Bonchev–Trinajstić information content (AvgIpc) is 3.78. The van der Waals surface area contributed by atoms with Crippen molar-refractivity contribution in [1.82, 2.24) is 35.1 Å². The SMILES string of the molecule is COCCN1C[C@@H](NC(=O)Nc2c(C)c(-c3cnc(N4CC5(CCOC5)C4)nc3)nn2-c2ccccc2)[C@H](c2ccnc(F)c2)O1. The molecule has 0 unspecified atom stereocenters. The zero-order valence-electron chi connectivity index (χ0n) is 25.7. The summed E-state index contributed by atoms with van der Waals surface area (Å²) >= 11 is 0. The summed E-state index contributed by atoms with van der Waals surface area (Å²) in [6.45, 7) is 6.60. The number of ether oxygens (including phenoxy) is 2. The van der Waals surface area contributed by atoms with E-state index in [0.29, 0.717) is 42.7 Å². The first-order valence-electron chi connectivity index (χ1n) is 15.3. The van der Waals surface area contributed by atoms with E-state index >= 15 is 0 Å². The van der Waals surface area contributed by atoms with E-state index < -0.39 is 24.1 Å². The second-order valence-corrected chi connectivity index (χ2v) is 12.0. The molecule has 13 nitrogen and oxygen atoms in total. The van der Waals surface area contributed by atoms with Crippen molar-refractivity contribution >= 4 is 17.8 Å². The van der Waals surface area contributed by atoms with Crippen LogP contribution in [0.2, 0.25) is 0 Å². The Morgan fingerprint density at radius 2 is 1.96 bits per heavy atom. The molecule has 0 saturated carbocycles. The Kier molecular flexibility index (Phi) is 8.34. The number of benzene rings is 1. The highest BCUT2D eigenvalue weighted by molar-refractivity contribution is 5.91. The first-order valence-corrected chi connectivity index (χ1v) is 15.3. The minimum Gasteiger partial charge on any atom is -0.383 e. The fraction of sp³-hybridized carbons (Fsp3) is 0.406. The molecule has 0 aliphatic carbocycles. The maximum atomic E-state index is 14.0. The number of pyridine rings is 1. The predicted molar refractivity (Wildman–Crippen MR) is 167 cm³/mol. The quantitative estimate of drug-likeness (QED) is 0.265. The fourth-order valence-corrected chi connectivity index (χ4v) is 6.33. The highest BCUT2D eigenvalue weighted by Crippen LogP contribution is 2.40. The number of anilines is 2. The number of urea groups is 1. The molecule has 3 aliphatic heterocycles. The molecule has 7 rings (SSSR count). The number of nitrogens with one attached hydrogen (secondary N) is 2. The lowest BCUT2D eigenvalue weighted by atomic mass is 9.79. The highest BCUT2D eigenvalue weighted by atomic mass is 19.1. The Labute approximate surface area is 265 Å². The van der Waals surface area contributed by atoms with Crippen LogP contribution in [0, 0.1) is 18.3 Å². The number of halogens is 1. The molecule has 0 bridgehead atoms. The number of carbonyl (C=O) groups is 1. The maximum Gasteiger partial charge on any atom is 0.320 e. The number of rotatable bonds is 9. The summed E-state index contributed by atoms with van der Waals surface area (Å²) in [5.74, 6) is 0.556. The molecule has 3 fully saturated rings. The number of amides is 2. The summed E-state index contributed by atoms with van der Waals surface area (Å²) in [5.41, 5.74) is 3.70. The minimum atomic E-state index is -0.622. The van der Waals surface area contributed by atoms with E-state index in [1.54, 1.807) is 35.3 Å². The third-order valence-corrected chi connectivity index (χ3v) is 8.76. The Hall–Kier alpha value is -4.50. The van der Waals surface area contributed by atoms with Gasteiger partial charge in [0.2, 0.25) is 11.9 Å². The van der Waals surface area contributed by atoms with E-state index in [-0.39, 0.29) is 5.41 Å². The fourth-order valence-electron chi connectivity index (χ4n) is 6.33. The molecular formula is C32H36FN9O4. The van der Waals surface area contributed by atoms with Crippen LogP contribution in [0.1, 0.15) is 23.7 Å². The number of hydrogen-bond acceptors (Lipinski definition) is 10. The second kappa shape index (κ2) is 12.7. The van der Waals surface area contributed by atoms with Crippen molar-refractivity contribution in [3.8, 4) is 16.9 Å². The molecule has 2 amide bonds. The van der Waals surface area contributed by atoms with Crippen molar-refractivity contribution < 1.29 is 23.5 Å². The summed E-state index contributed by atoms with van der Waals surface area (Å²) in [7, 11) is 1.61. The summed E-state index contributed by atoms with van der Waals surface area (Å²) in [6.07, 6.45) is 5.39. The number of aromatic nitrogens is 5. The Balaban J connectivity index is 1.12. The molecule has 14 heteroatoms. The van der Waals surface area contributed by atoms with Gasteiger partial charge in [0.05, 0.1) is 24.9 Å². The van der Waals surface area contributed by atoms with Gasteiger partial charge < -0.3 is 19.7 Å². The van der Waals surface area contributed by atoms with Crippen molar-refractivity contribution in [2.45, 2.75) is 25.5 Å². The van der Waals surface area contributed by atoms with Crippen LogP contribution in [0.25, 0.3) is 16.9 Å². The molecule has 0 radical (unpaired) electrons. The molecule has 240 valence electrons. The largest absolute Gasteiger partial charge is 0.383 e. The van der Waals surface area contributed by atoms with Crippen molar-refractivity contribution in [3.63, 3.8) is 0 Å². The number of carbonyl (C=O) groups excluding carboxylic acids is 1. The number of hydroxylamine groups is 2. The first kappa shape index (κ1) is 30.2. The third-order valence-electron chi connectivity index (χ3n) is 8.76. The maximum absolute atomic E-state index is 14.0. The Morgan fingerprint density at radius 3 is 2.67 bits per heavy atom.